The minimum Gasteiger partial charge on any atom is -0.379 e. The van der Waals surface area contributed by atoms with Crippen LogP contribution in [0.2, 0.25) is 0 Å². The van der Waals surface area contributed by atoms with Crippen LogP contribution in [0.3, 0.4) is 0 Å². The van der Waals surface area contributed by atoms with Crippen molar-refractivity contribution < 1.29 is 9.47 Å². The molecular formula is C11H21BrN2O2. The molecule has 0 bridgehead atoms. The average Bonchev–Trinajstić information content (AvgIpc) is 2.38. The zero-order valence-electron chi connectivity index (χ0n) is 9.74. The molecular weight excluding hydrogens is 272 g/mol. The molecule has 0 radical (unpaired) electrons. The molecule has 4 nitrogen and oxygen atoms in total. The Kier molecular flexibility index (Phi) is 5.52. The maximum Gasteiger partial charge on any atom is 0.0799 e. The van der Waals surface area contributed by atoms with Gasteiger partial charge in [0.25, 0.3) is 0 Å². The third kappa shape index (κ3) is 3.96. The molecule has 2 heterocycles. The van der Waals surface area contributed by atoms with Crippen molar-refractivity contribution >= 4 is 15.9 Å². The van der Waals surface area contributed by atoms with Gasteiger partial charge in [0.2, 0.25) is 0 Å². The van der Waals surface area contributed by atoms with E-state index in [0.717, 1.165) is 57.9 Å². The second kappa shape index (κ2) is 6.91. The number of hydrogen-bond acceptors (Lipinski definition) is 4. The number of hydrogen-bond donors (Lipinski definition) is 0. The summed E-state index contributed by atoms with van der Waals surface area (Å²) < 4.78 is 11.0. The minimum absolute atomic E-state index is 0.374. The molecule has 5 heteroatoms. The van der Waals surface area contributed by atoms with Gasteiger partial charge in [0.15, 0.2) is 0 Å². The minimum atomic E-state index is 0.374. The summed E-state index contributed by atoms with van der Waals surface area (Å²) in [5, 5.41) is 0.945. The topological polar surface area (TPSA) is 24.9 Å². The van der Waals surface area contributed by atoms with E-state index in [1.807, 2.05) is 0 Å². The van der Waals surface area contributed by atoms with Crippen LogP contribution in [0, 0.1) is 0 Å². The highest BCUT2D eigenvalue weighted by molar-refractivity contribution is 9.09. The van der Waals surface area contributed by atoms with Crippen LogP contribution in [0.15, 0.2) is 0 Å². The molecule has 0 aromatic heterocycles. The van der Waals surface area contributed by atoms with Crippen LogP contribution in [0.5, 0.6) is 0 Å². The van der Waals surface area contributed by atoms with Gasteiger partial charge < -0.3 is 9.47 Å². The Bertz CT molecular complexity index is 200. The quantitative estimate of drug-likeness (QED) is 0.701. The van der Waals surface area contributed by atoms with E-state index in [0.29, 0.717) is 6.10 Å². The van der Waals surface area contributed by atoms with Gasteiger partial charge in [-0.3, -0.25) is 9.80 Å². The Labute approximate surface area is 106 Å². The zero-order chi connectivity index (χ0) is 11.2. The Morgan fingerprint density at radius 3 is 2.44 bits per heavy atom. The van der Waals surface area contributed by atoms with Crippen molar-refractivity contribution in [3.63, 3.8) is 0 Å². The molecule has 94 valence electrons. The fourth-order valence-corrected chi connectivity index (χ4v) is 2.58. The smallest absolute Gasteiger partial charge is 0.0799 e. The lowest BCUT2D eigenvalue weighted by Gasteiger charge is -2.34. The summed E-state index contributed by atoms with van der Waals surface area (Å²) >= 11 is 3.49. The predicted octanol–water partition coefficient (Wildman–Crippen LogP) is 0.414. The van der Waals surface area contributed by atoms with Gasteiger partial charge in [0.05, 0.1) is 25.9 Å². The van der Waals surface area contributed by atoms with Crippen LogP contribution >= 0.6 is 15.9 Å². The number of nitrogens with zero attached hydrogens (tertiary/aromatic N) is 2. The van der Waals surface area contributed by atoms with E-state index in [4.69, 9.17) is 9.47 Å². The highest BCUT2D eigenvalue weighted by atomic mass is 79.9. The first-order chi connectivity index (χ1) is 7.88. The van der Waals surface area contributed by atoms with Crippen molar-refractivity contribution in [2.75, 3.05) is 64.4 Å². The van der Waals surface area contributed by atoms with E-state index >= 15 is 0 Å². The van der Waals surface area contributed by atoms with Crippen molar-refractivity contribution in [1.82, 2.24) is 9.80 Å². The summed E-state index contributed by atoms with van der Waals surface area (Å²) in [4.78, 5) is 4.99. The maximum atomic E-state index is 5.63. The van der Waals surface area contributed by atoms with Crippen molar-refractivity contribution in [3.8, 4) is 0 Å². The summed E-state index contributed by atoms with van der Waals surface area (Å²) in [7, 11) is 0. The van der Waals surface area contributed by atoms with Crippen LogP contribution in [0.4, 0.5) is 0 Å². The Hall–Kier alpha value is 0.320. The molecule has 0 spiro atoms. The van der Waals surface area contributed by atoms with E-state index in [-0.39, 0.29) is 0 Å². The van der Waals surface area contributed by atoms with Gasteiger partial charge in [0.1, 0.15) is 0 Å². The largest absolute Gasteiger partial charge is 0.379 e. The Balaban J connectivity index is 1.64. The third-order valence-electron chi connectivity index (χ3n) is 3.23. The normalized spacial score (nSPS) is 29.4. The van der Waals surface area contributed by atoms with E-state index in [1.165, 1.54) is 6.54 Å². The number of alkyl halides is 1. The highest BCUT2D eigenvalue weighted by Gasteiger charge is 2.20. The first kappa shape index (κ1) is 12.8. The van der Waals surface area contributed by atoms with Crippen LogP contribution in [-0.2, 0) is 9.47 Å². The molecule has 1 atom stereocenters. The van der Waals surface area contributed by atoms with Crippen LogP contribution in [0.1, 0.15) is 0 Å². The first-order valence-corrected chi connectivity index (χ1v) is 7.20. The summed E-state index contributed by atoms with van der Waals surface area (Å²) in [6, 6.07) is 0. The lowest BCUT2D eigenvalue weighted by Crippen LogP contribution is -2.47. The second-order valence-electron chi connectivity index (χ2n) is 4.40. The molecule has 1 unspecified atom stereocenters. The van der Waals surface area contributed by atoms with Gasteiger partial charge in [-0.15, -0.1) is 0 Å². The molecule has 0 amide bonds. The second-order valence-corrected chi connectivity index (χ2v) is 5.05. The van der Waals surface area contributed by atoms with Crippen molar-refractivity contribution in [1.29, 1.82) is 0 Å². The Morgan fingerprint density at radius 1 is 1.00 bits per heavy atom. The molecule has 2 aliphatic rings. The third-order valence-corrected chi connectivity index (χ3v) is 3.95. The van der Waals surface area contributed by atoms with E-state index in [1.54, 1.807) is 0 Å². The fourth-order valence-electron chi connectivity index (χ4n) is 2.18. The summed E-state index contributed by atoms with van der Waals surface area (Å²) in [5.74, 6) is 0. The lowest BCUT2D eigenvalue weighted by molar-refractivity contribution is -0.0225. The molecule has 2 aliphatic heterocycles. The Morgan fingerprint density at radius 2 is 1.69 bits per heavy atom. The van der Waals surface area contributed by atoms with Gasteiger partial charge in [0, 0.05) is 44.6 Å². The molecule has 2 saturated heterocycles. The van der Waals surface area contributed by atoms with Gasteiger partial charge in [-0.25, -0.2) is 0 Å². The van der Waals surface area contributed by atoms with Crippen molar-refractivity contribution in [2.45, 2.75) is 6.10 Å². The SMILES string of the molecule is BrCC1CN(CCN2CCOCC2)CCO1. The molecule has 0 N–H and O–H groups in total. The molecule has 0 aromatic carbocycles. The van der Waals surface area contributed by atoms with E-state index < -0.39 is 0 Å². The van der Waals surface area contributed by atoms with E-state index in [2.05, 4.69) is 25.7 Å². The number of halogens is 1. The van der Waals surface area contributed by atoms with Gasteiger partial charge >= 0.3 is 0 Å². The first-order valence-electron chi connectivity index (χ1n) is 6.08. The monoisotopic (exact) mass is 292 g/mol. The molecule has 0 saturated carbocycles. The predicted molar refractivity (Wildman–Crippen MR) is 67.2 cm³/mol. The molecule has 2 rings (SSSR count). The average molecular weight is 293 g/mol. The van der Waals surface area contributed by atoms with Crippen molar-refractivity contribution in [3.05, 3.63) is 0 Å². The van der Waals surface area contributed by atoms with Gasteiger partial charge in [-0.05, 0) is 0 Å². The van der Waals surface area contributed by atoms with Gasteiger partial charge in [-0.1, -0.05) is 15.9 Å². The van der Waals surface area contributed by atoms with Crippen LogP contribution in [0.25, 0.3) is 0 Å². The summed E-state index contributed by atoms with van der Waals surface area (Å²) in [6.07, 6.45) is 0.374. The number of ether oxygens (including phenoxy) is 2. The highest BCUT2D eigenvalue weighted by Crippen LogP contribution is 2.07. The van der Waals surface area contributed by atoms with Crippen LogP contribution in [-0.4, -0.2) is 80.3 Å². The molecule has 0 aromatic rings. The van der Waals surface area contributed by atoms with Gasteiger partial charge in [-0.2, -0.15) is 0 Å². The lowest BCUT2D eigenvalue weighted by atomic mass is 10.3. The maximum absolute atomic E-state index is 5.63. The number of morpholine rings is 2. The molecule has 2 fully saturated rings. The fraction of sp³-hybridized carbons (Fsp3) is 1.00. The summed E-state index contributed by atoms with van der Waals surface area (Å²) in [5.41, 5.74) is 0. The standard InChI is InChI=1S/C11H21BrN2O2/c12-9-11-10-14(5-8-16-11)2-1-13-3-6-15-7-4-13/h11H,1-10H2. The van der Waals surface area contributed by atoms with Crippen LogP contribution < -0.4 is 0 Å². The van der Waals surface area contributed by atoms with E-state index in [9.17, 15) is 0 Å². The number of rotatable bonds is 4. The zero-order valence-corrected chi connectivity index (χ0v) is 11.3. The molecule has 0 aliphatic carbocycles. The summed E-state index contributed by atoms with van der Waals surface area (Å²) in [6.45, 7) is 9.31. The molecule has 16 heavy (non-hydrogen) atoms. The van der Waals surface area contributed by atoms with Crippen molar-refractivity contribution in [2.24, 2.45) is 0 Å².